The van der Waals surface area contributed by atoms with Crippen LogP contribution < -0.4 is 0 Å². The molecule has 0 radical (unpaired) electrons. The Hall–Kier alpha value is -2.99. The van der Waals surface area contributed by atoms with Crippen LogP contribution >= 0.6 is 11.3 Å². The second-order valence-corrected chi connectivity index (χ2v) is 8.34. The van der Waals surface area contributed by atoms with Crippen LogP contribution in [0, 0.1) is 5.82 Å². The second kappa shape index (κ2) is 8.40. The van der Waals surface area contributed by atoms with E-state index in [1.54, 1.807) is 40.6 Å². The number of amides is 1. The van der Waals surface area contributed by atoms with Crippen LogP contribution in [0.4, 0.5) is 9.18 Å². The number of hydrogen-bond acceptors (Lipinski definition) is 4. The summed E-state index contributed by atoms with van der Waals surface area (Å²) < 4.78 is 19.3. The van der Waals surface area contributed by atoms with Gasteiger partial charge in [-0.15, -0.1) is 17.9 Å². The average molecular weight is 423 g/mol. The molecule has 154 valence electrons. The number of carbonyl (C=O) groups is 1. The van der Waals surface area contributed by atoms with E-state index in [1.165, 1.54) is 12.1 Å². The van der Waals surface area contributed by atoms with Gasteiger partial charge >= 0.3 is 6.09 Å². The van der Waals surface area contributed by atoms with E-state index in [0.29, 0.717) is 19.4 Å². The molecule has 1 unspecified atom stereocenters. The number of halogens is 1. The lowest BCUT2D eigenvalue weighted by Crippen LogP contribution is -2.48. The molecule has 0 N–H and O–H groups in total. The largest absolute Gasteiger partial charge is 0.437 e. The number of nitrogens with zero attached hydrogens (tertiary/aromatic N) is 2. The van der Waals surface area contributed by atoms with Crippen molar-refractivity contribution in [1.29, 1.82) is 0 Å². The van der Waals surface area contributed by atoms with Gasteiger partial charge in [-0.2, -0.15) is 0 Å². The summed E-state index contributed by atoms with van der Waals surface area (Å²) >= 11 is 1.59. The zero-order valence-corrected chi connectivity index (χ0v) is 17.6. The Morgan fingerprint density at radius 3 is 2.60 bits per heavy atom. The van der Waals surface area contributed by atoms with Crippen molar-refractivity contribution in [2.45, 2.75) is 31.4 Å². The minimum absolute atomic E-state index is 0.127. The Kier molecular flexibility index (Phi) is 5.68. The number of carbonyl (C=O) groups excluding carboxylic acids is 1. The van der Waals surface area contributed by atoms with Crippen LogP contribution in [-0.4, -0.2) is 22.5 Å². The van der Waals surface area contributed by atoms with Gasteiger partial charge in [0.2, 0.25) is 0 Å². The van der Waals surface area contributed by atoms with E-state index >= 15 is 0 Å². The summed E-state index contributed by atoms with van der Waals surface area (Å²) in [6, 6.07) is 14.1. The lowest BCUT2D eigenvalue weighted by molar-refractivity contribution is -0.0588. The fourth-order valence-corrected chi connectivity index (χ4v) is 4.57. The van der Waals surface area contributed by atoms with E-state index in [9.17, 15) is 9.18 Å². The third-order valence-corrected chi connectivity index (χ3v) is 6.48. The van der Waals surface area contributed by atoms with Crippen LogP contribution in [0.2, 0.25) is 0 Å². The van der Waals surface area contributed by atoms with Gasteiger partial charge < -0.3 is 9.64 Å². The molecule has 1 aromatic heterocycles. The van der Waals surface area contributed by atoms with E-state index in [0.717, 1.165) is 21.7 Å². The topological polar surface area (TPSA) is 42.4 Å². The highest BCUT2D eigenvalue weighted by molar-refractivity contribution is 7.13. The summed E-state index contributed by atoms with van der Waals surface area (Å²) in [5, 5.41) is 2.92. The lowest BCUT2D eigenvalue weighted by atomic mass is 9.85. The highest BCUT2D eigenvalue weighted by Gasteiger charge is 2.42. The molecule has 30 heavy (non-hydrogen) atoms. The Balaban J connectivity index is 1.52. The van der Waals surface area contributed by atoms with Crippen molar-refractivity contribution in [1.82, 2.24) is 9.88 Å². The highest BCUT2D eigenvalue weighted by Crippen LogP contribution is 2.40. The number of hydrogen-bond donors (Lipinski definition) is 0. The minimum atomic E-state index is -0.808. The van der Waals surface area contributed by atoms with Gasteiger partial charge in [-0.25, -0.2) is 14.2 Å². The van der Waals surface area contributed by atoms with Crippen LogP contribution in [0.15, 0.2) is 72.8 Å². The molecular weight excluding hydrogens is 399 g/mol. The van der Waals surface area contributed by atoms with E-state index in [-0.39, 0.29) is 18.0 Å². The van der Waals surface area contributed by atoms with Crippen LogP contribution in [-0.2, 0) is 10.3 Å². The fraction of sp³-hybridized carbons (Fsp3) is 0.250. The van der Waals surface area contributed by atoms with Gasteiger partial charge in [-0.3, -0.25) is 0 Å². The predicted molar refractivity (Wildman–Crippen MR) is 117 cm³/mol. The Morgan fingerprint density at radius 1 is 1.27 bits per heavy atom. The normalized spacial score (nSPS) is 19.9. The van der Waals surface area contributed by atoms with Crippen molar-refractivity contribution >= 4 is 17.4 Å². The summed E-state index contributed by atoms with van der Waals surface area (Å²) in [5.41, 5.74) is 2.07. The van der Waals surface area contributed by atoms with E-state index in [4.69, 9.17) is 4.74 Å². The first-order valence-electron chi connectivity index (χ1n) is 9.89. The standard InChI is InChI=1S/C24H23FN2O2S/c1-3-12-24(20-8-10-21(25)11-9-20)13-15-27(23(28)29-24)17(2)18-4-6-19(7-5-18)22-26-14-16-30-22/h3-11,14,16-17H,1,12-13,15H2,2H3/t17-,24?/m0/s1. The maximum atomic E-state index is 13.4. The van der Waals surface area contributed by atoms with Gasteiger partial charge in [0.25, 0.3) is 0 Å². The summed E-state index contributed by atoms with van der Waals surface area (Å²) in [5.74, 6) is -0.314. The van der Waals surface area contributed by atoms with Gasteiger partial charge in [0.1, 0.15) is 16.4 Å². The molecule has 1 fully saturated rings. The molecule has 4 nitrogen and oxygen atoms in total. The number of thiazole rings is 1. The van der Waals surface area contributed by atoms with Gasteiger partial charge in [-0.05, 0) is 30.2 Å². The average Bonchev–Trinajstić information content (AvgIpc) is 3.29. The Labute approximate surface area is 179 Å². The third-order valence-electron chi connectivity index (χ3n) is 5.66. The molecule has 4 rings (SSSR count). The first-order valence-corrected chi connectivity index (χ1v) is 10.8. The number of rotatable bonds is 6. The van der Waals surface area contributed by atoms with Crippen molar-refractivity contribution in [2.75, 3.05) is 6.54 Å². The fourth-order valence-electron chi connectivity index (χ4n) is 3.92. The number of benzene rings is 2. The molecule has 2 heterocycles. The maximum absolute atomic E-state index is 13.4. The number of aromatic nitrogens is 1. The second-order valence-electron chi connectivity index (χ2n) is 7.44. The Morgan fingerprint density at radius 2 is 2.00 bits per heavy atom. The first kappa shape index (κ1) is 20.3. The quantitative estimate of drug-likeness (QED) is 0.436. The summed E-state index contributed by atoms with van der Waals surface area (Å²) in [4.78, 5) is 19.1. The number of cyclic esters (lactones) is 1. The van der Waals surface area contributed by atoms with Crippen molar-refractivity contribution in [3.8, 4) is 10.6 Å². The van der Waals surface area contributed by atoms with E-state index < -0.39 is 5.60 Å². The zero-order valence-electron chi connectivity index (χ0n) is 16.8. The smallest absolute Gasteiger partial charge is 0.411 e. The van der Waals surface area contributed by atoms with Crippen LogP contribution in [0.3, 0.4) is 0 Å². The SMILES string of the molecule is C=CCC1(c2ccc(F)cc2)CCN([C@@H](C)c2ccc(-c3nccs3)cc2)C(=O)O1. The third kappa shape index (κ3) is 3.87. The molecule has 0 spiro atoms. The molecule has 1 aliphatic heterocycles. The molecule has 2 aromatic carbocycles. The van der Waals surface area contributed by atoms with Gasteiger partial charge in [0.15, 0.2) is 0 Å². The maximum Gasteiger partial charge on any atom is 0.411 e. The molecule has 0 saturated carbocycles. The predicted octanol–water partition coefficient (Wildman–Crippen LogP) is 6.32. The zero-order chi connectivity index (χ0) is 21.1. The van der Waals surface area contributed by atoms with Gasteiger partial charge in [0, 0.05) is 36.5 Å². The molecule has 1 saturated heterocycles. The van der Waals surface area contributed by atoms with Crippen LogP contribution in [0.5, 0.6) is 0 Å². The first-order chi connectivity index (χ1) is 14.5. The molecule has 0 aliphatic carbocycles. The molecular formula is C24H23FN2O2S. The van der Waals surface area contributed by atoms with E-state index in [1.807, 2.05) is 36.6 Å². The van der Waals surface area contributed by atoms with Crippen LogP contribution in [0.25, 0.3) is 10.6 Å². The molecule has 0 bridgehead atoms. The van der Waals surface area contributed by atoms with Gasteiger partial charge in [-0.1, -0.05) is 42.5 Å². The van der Waals surface area contributed by atoms with Crippen molar-refractivity contribution in [3.05, 3.63) is 89.7 Å². The minimum Gasteiger partial charge on any atom is -0.437 e. The van der Waals surface area contributed by atoms with Crippen molar-refractivity contribution in [2.24, 2.45) is 0 Å². The van der Waals surface area contributed by atoms with Crippen molar-refractivity contribution < 1.29 is 13.9 Å². The van der Waals surface area contributed by atoms with Gasteiger partial charge in [0.05, 0.1) is 6.04 Å². The molecule has 1 aliphatic rings. The summed E-state index contributed by atoms with van der Waals surface area (Å²) in [6.45, 7) is 6.35. The lowest BCUT2D eigenvalue weighted by Gasteiger charge is -2.43. The molecule has 6 heteroatoms. The highest BCUT2D eigenvalue weighted by atomic mass is 32.1. The number of ether oxygens (including phenoxy) is 1. The molecule has 1 amide bonds. The van der Waals surface area contributed by atoms with Crippen LogP contribution in [0.1, 0.15) is 36.9 Å². The van der Waals surface area contributed by atoms with Crippen molar-refractivity contribution in [3.63, 3.8) is 0 Å². The molecule has 3 aromatic rings. The summed E-state index contributed by atoms with van der Waals surface area (Å²) in [6.07, 6.45) is 4.25. The molecule has 2 atom stereocenters. The summed E-state index contributed by atoms with van der Waals surface area (Å²) in [7, 11) is 0. The van der Waals surface area contributed by atoms with E-state index in [2.05, 4.69) is 11.6 Å². The Bertz CT molecular complexity index is 1020. The monoisotopic (exact) mass is 422 g/mol.